The summed E-state index contributed by atoms with van der Waals surface area (Å²) in [6, 6.07) is 27.7. The number of piperidine rings is 2. The zero-order chi connectivity index (χ0) is 77.9. The van der Waals surface area contributed by atoms with Crippen LogP contribution in [0.25, 0.3) is 44.9 Å². The molecule has 2 fully saturated rings. The Balaban J connectivity index is 0.000000232. The number of aliphatic hydroxyl groups is 1. The van der Waals surface area contributed by atoms with Crippen LogP contribution < -0.4 is 44.6 Å². The van der Waals surface area contributed by atoms with E-state index in [0.29, 0.717) is 72.4 Å². The highest BCUT2D eigenvalue weighted by Gasteiger charge is 2.32. The third-order valence-corrected chi connectivity index (χ3v) is 17.5. The fourth-order valence-electron chi connectivity index (χ4n) is 12.3. The Kier molecular flexibility index (Phi) is 26.5. The first-order valence-electron chi connectivity index (χ1n) is 34.8. The van der Waals surface area contributed by atoms with Gasteiger partial charge in [-0.3, -0.25) is 37.9 Å². The first kappa shape index (κ1) is 79.3. The number of hydrogen-bond acceptors (Lipinski definition) is 19. The molecule has 4 amide bonds. The maximum atomic E-state index is 13.4. The number of hydrogen-bond donors (Lipinski definition) is 7. The number of nitrogens with zero attached hydrogens (tertiary/aromatic N) is 14. The van der Waals surface area contributed by atoms with Gasteiger partial charge < -0.3 is 47.2 Å². The topological polar surface area (TPSA) is 420 Å². The Morgan fingerprint density at radius 2 is 0.860 bits per heavy atom. The van der Waals surface area contributed by atoms with Crippen LogP contribution in [0, 0.1) is 11.8 Å². The summed E-state index contributed by atoms with van der Waals surface area (Å²) in [5.74, 6) is -2.23. The molecule has 0 unspecified atom stereocenters. The van der Waals surface area contributed by atoms with Crippen molar-refractivity contribution in [2.75, 3.05) is 48.3 Å². The Bertz CT molecular complexity index is 4880. The average Bonchev–Trinajstić information content (AvgIpc) is 1.53. The predicted octanol–water partition coefficient (Wildman–Crippen LogP) is 8.48. The molecule has 9 N–H and O–H groups in total. The third kappa shape index (κ3) is 19.0. The quantitative estimate of drug-likeness (QED) is 0.0352. The summed E-state index contributed by atoms with van der Waals surface area (Å²) >= 11 is 0. The molecule has 2 aromatic carbocycles. The van der Waals surface area contributed by atoms with E-state index in [1.54, 1.807) is 88.4 Å². The SMILES string of the molecule is CC(C)C(=O)N1CCC(c2cc(-c3ccc(NC(=O)c4cn(C(C)C)c(=O)n(-c5ccccn5)c4=O)cc3)c3c(N)ncnn23)CC1.CC(C)C(=O)N1CCC(c2cc(-c3ccc(NC(=O)c4cn(C(C)C)c(=O)n(-c5ccccn5)c4=O)cc3)c3c(N)ncnn23)CC1.I.O=C(O)/C=C\C(=O)O.[2H]C(C)(C)O. The second kappa shape index (κ2) is 35.8. The molecule has 32 heteroatoms. The first-order chi connectivity index (χ1) is 50.7. The van der Waals surface area contributed by atoms with Crippen LogP contribution in [0.5, 0.6) is 0 Å². The molecule has 10 heterocycles. The van der Waals surface area contributed by atoms with Crippen molar-refractivity contribution in [1.29, 1.82) is 0 Å². The number of carbonyl (C=O) groups excluding carboxylic acids is 4. The number of benzene rings is 2. The summed E-state index contributed by atoms with van der Waals surface area (Å²) in [6.07, 6.45) is 11.5. The Morgan fingerprint density at radius 1 is 0.523 bits per heavy atom. The monoisotopic (exact) mass is 1580 g/mol. The molecule has 0 bridgehead atoms. The lowest BCUT2D eigenvalue weighted by Gasteiger charge is -2.33. The summed E-state index contributed by atoms with van der Waals surface area (Å²) in [5, 5.41) is 38.5. The van der Waals surface area contributed by atoms with E-state index in [1.165, 1.54) is 60.4 Å². The van der Waals surface area contributed by atoms with Gasteiger partial charge in [0.2, 0.25) is 11.8 Å². The van der Waals surface area contributed by atoms with Crippen molar-refractivity contribution in [3.05, 3.63) is 211 Å². The molecule has 2 aliphatic heterocycles. The maximum Gasteiger partial charge on any atom is 0.337 e. The van der Waals surface area contributed by atoms with Crippen molar-refractivity contribution < 1.29 is 45.5 Å². The Hall–Kier alpha value is -11.8. The van der Waals surface area contributed by atoms with Crippen LogP contribution in [0.1, 0.15) is 152 Å². The molecule has 107 heavy (non-hydrogen) atoms. The zero-order valence-corrected chi connectivity index (χ0v) is 63.1. The number of nitrogens with one attached hydrogen (secondary N) is 2. The summed E-state index contributed by atoms with van der Waals surface area (Å²) in [7, 11) is 0. The number of aromatic nitrogens is 12. The number of carbonyl (C=O) groups is 6. The maximum absolute atomic E-state index is 13.4. The fraction of sp³-hybridized carbons (Fsp3) is 0.333. The van der Waals surface area contributed by atoms with Crippen LogP contribution in [0.2, 0.25) is 0 Å². The number of likely N-dealkylation sites (tertiary alicyclic amines) is 2. The van der Waals surface area contributed by atoms with Crippen LogP contribution >= 0.6 is 24.0 Å². The highest BCUT2D eigenvalue weighted by Crippen LogP contribution is 2.39. The molecule has 0 aliphatic carbocycles. The molecule has 0 saturated carbocycles. The van der Waals surface area contributed by atoms with Crippen molar-refractivity contribution in [2.24, 2.45) is 11.8 Å². The third-order valence-electron chi connectivity index (χ3n) is 17.5. The minimum Gasteiger partial charge on any atom is -0.478 e. The van der Waals surface area contributed by atoms with Crippen molar-refractivity contribution in [3.8, 4) is 33.9 Å². The van der Waals surface area contributed by atoms with E-state index in [-0.39, 0.29) is 94.3 Å². The second-order valence-corrected chi connectivity index (χ2v) is 26.6. The number of anilines is 4. The molecule has 10 aromatic rings. The van der Waals surface area contributed by atoms with Gasteiger partial charge in [0.1, 0.15) is 46.5 Å². The lowest BCUT2D eigenvalue weighted by Crippen LogP contribution is -2.43. The van der Waals surface area contributed by atoms with Crippen molar-refractivity contribution in [2.45, 2.75) is 125 Å². The highest BCUT2D eigenvalue weighted by atomic mass is 127. The lowest BCUT2D eigenvalue weighted by atomic mass is 9.92. The van der Waals surface area contributed by atoms with Gasteiger partial charge in [-0.2, -0.15) is 10.2 Å². The number of fused-ring (bicyclic) bond motifs is 2. The molecule has 12 rings (SSSR count). The molecule has 31 nitrogen and oxygen atoms in total. The van der Waals surface area contributed by atoms with Gasteiger partial charge in [-0.1, -0.05) is 64.1 Å². The minimum absolute atomic E-state index is 0. The van der Waals surface area contributed by atoms with E-state index in [0.717, 1.165) is 68.5 Å². The predicted molar refractivity (Wildman–Crippen MR) is 415 cm³/mol. The molecule has 0 spiro atoms. The number of aliphatic carboxylic acids is 2. The van der Waals surface area contributed by atoms with Crippen LogP contribution in [-0.4, -0.2) is 150 Å². The van der Waals surface area contributed by atoms with Crippen molar-refractivity contribution in [3.63, 3.8) is 0 Å². The molecule has 562 valence electrons. The van der Waals surface area contributed by atoms with Gasteiger partial charge in [-0.25, -0.2) is 57.3 Å². The number of carboxylic acids is 2. The molecular weight excluding hydrogens is 1490 g/mol. The van der Waals surface area contributed by atoms with Gasteiger partial charge in [-0.15, -0.1) is 24.0 Å². The first-order valence-corrected chi connectivity index (χ1v) is 34.3. The summed E-state index contributed by atoms with van der Waals surface area (Å²) in [6.45, 7) is 20.4. The van der Waals surface area contributed by atoms with E-state index in [2.05, 4.69) is 52.9 Å². The van der Waals surface area contributed by atoms with Crippen LogP contribution in [-0.2, 0) is 19.2 Å². The number of nitrogens with two attached hydrogens (primary N) is 2. The standard InChI is InChI=1S/2C34H37N9O4.C4H4O4.C3H8O.HI/c2*1-20(2)32(45)40-15-12-23(13-16-40)27-17-25(29-30(35)37-19-38-43(27)29)22-8-10-24(11-9-22)39-31(44)26-18-41(21(3)4)34(47)42(33(26)46)28-7-5-6-14-36-28;5-3(6)1-2-4(7)8;1-3(2)4;/h2*5-11,14,17-21,23H,12-13,15-16H2,1-4H3,(H,39,44)(H2,35,37,38);1-2H,(H,5,6)(H,7,8);3-4H,1-2H3;1H/b;;2-1-;;/i;;;3D;. The Morgan fingerprint density at radius 3 is 1.15 bits per heavy atom. The molecule has 0 atom stereocenters. The summed E-state index contributed by atoms with van der Waals surface area (Å²) in [5.41, 5.74) is 17.3. The van der Waals surface area contributed by atoms with Gasteiger partial charge in [-0.05, 0) is 139 Å². The number of nitrogen functional groups attached to an aromatic ring is 2. The fourth-order valence-corrected chi connectivity index (χ4v) is 12.3. The van der Waals surface area contributed by atoms with Crippen molar-refractivity contribution in [1.82, 2.24) is 67.2 Å². The van der Waals surface area contributed by atoms with E-state index in [1.807, 2.05) is 70.8 Å². The Labute approximate surface area is 632 Å². The number of rotatable bonds is 16. The average molecular weight is 1580 g/mol. The van der Waals surface area contributed by atoms with Crippen LogP contribution in [0.15, 0.2) is 166 Å². The zero-order valence-electron chi connectivity index (χ0n) is 61.7. The molecular formula is C75H87IN18O13. The highest BCUT2D eigenvalue weighted by molar-refractivity contribution is 14.0. The van der Waals surface area contributed by atoms with E-state index >= 15 is 0 Å². The van der Waals surface area contributed by atoms with E-state index < -0.39 is 52.3 Å². The molecule has 2 aliphatic rings. The van der Waals surface area contributed by atoms with Crippen molar-refractivity contribution >= 4 is 93.6 Å². The molecule has 8 aromatic heterocycles. The number of halogens is 1. The van der Waals surface area contributed by atoms with Crippen LogP contribution in [0.3, 0.4) is 0 Å². The smallest absolute Gasteiger partial charge is 0.337 e. The number of carboxylic acid groups (broad SMARTS) is 2. The van der Waals surface area contributed by atoms with Gasteiger partial charge in [0.05, 0.1) is 1.37 Å². The second-order valence-electron chi connectivity index (χ2n) is 26.6. The van der Waals surface area contributed by atoms with Crippen LogP contribution in [0.4, 0.5) is 23.0 Å². The van der Waals surface area contributed by atoms with Gasteiger partial charge >= 0.3 is 23.3 Å². The number of pyridine rings is 2. The van der Waals surface area contributed by atoms with E-state index in [9.17, 15) is 47.9 Å². The minimum atomic E-state index is -1.26. The normalized spacial score (nSPS) is 13.5. The van der Waals surface area contributed by atoms with E-state index in [4.69, 9.17) is 28.2 Å². The summed E-state index contributed by atoms with van der Waals surface area (Å²) < 4.78 is 14.7. The summed E-state index contributed by atoms with van der Waals surface area (Å²) in [4.78, 5) is 145. The van der Waals surface area contributed by atoms with Gasteiger partial charge in [0, 0.05) is 139 Å². The number of amides is 4. The molecule has 2 saturated heterocycles. The molecule has 0 radical (unpaired) electrons. The van der Waals surface area contributed by atoms with Gasteiger partial charge in [0.25, 0.3) is 22.9 Å². The van der Waals surface area contributed by atoms with Gasteiger partial charge in [0.15, 0.2) is 11.6 Å². The largest absolute Gasteiger partial charge is 0.478 e. The lowest BCUT2D eigenvalue weighted by molar-refractivity contribution is -0.136.